The SMILES string of the molecule is Brc1ccc2c(c1)n(-c1ccccc1)c1nc3oc4ccccc4c3n21. The molecule has 124 valence electrons. The van der Waals surface area contributed by atoms with E-state index < -0.39 is 0 Å². The van der Waals surface area contributed by atoms with Crippen molar-refractivity contribution in [2.45, 2.75) is 0 Å². The Morgan fingerprint density at radius 1 is 0.846 bits per heavy atom. The lowest BCUT2D eigenvalue weighted by molar-refractivity contribution is 0.656. The molecule has 0 atom stereocenters. The third-order valence-electron chi connectivity index (χ3n) is 4.81. The van der Waals surface area contributed by atoms with Crippen molar-refractivity contribution in [1.82, 2.24) is 14.0 Å². The summed E-state index contributed by atoms with van der Waals surface area (Å²) in [6, 6.07) is 24.7. The molecule has 0 N–H and O–H groups in total. The van der Waals surface area contributed by atoms with Crippen molar-refractivity contribution in [3.8, 4) is 5.69 Å². The highest BCUT2D eigenvalue weighted by molar-refractivity contribution is 9.10. The van der Waals surface area contributed by atoms with Crippen molar-refractivity contribution < 1.29 is 4.42 Å². The summed E-state index contributed by atoms with van der Waals surface area (Å²) < 4.78 is 11.4. The van der Waals surface area contributed by atoms with Crippen LogP contribution in [0.25, 0.3) is 44.7 Å². The highest BCUT2D eigenvalue weighted by Crippen LogP contribution is 2.35. The minimum atomic E-state index is 0.663. The topological polar surface area (TPSA) is 35.4 Å². The molecule has 0 radical (unpaired) electrons. The Morgan fingerprint density at radius 2 is 1.65 bits per heavy atom. The number of halogens is 1. The molecule has 0 aliphatic rings. The maximum absolute atomic E-state index is 6.00. The molecule has 0 aliphatic carbocycles. The monoisotopic (exact) mass is 401 g/mol. The standard InChI is InChI=1S/C21H12BrN3O/c22-13-10-11-16-17(12-13)24(14-6-2-1-3-7-14)21-23-20-19(25(16)21)15-8-4-5-9-18(15)26-20/h1-12H. The summed E-state index contributed by atoms with van der Waals surface area (Å²) in [6.45, 7) is 0. The number of fused-ring (bicyclic) bond motifs is 7. The number of imidazole rings is 2. The van der Waals surface area contributed by atoms with Gasteiger partial charge in [0.1, 0.15) is 11.1 Å². The first-order valence-electron chi connectivity index (χ1n) is 8.36. The van der Waals surface area contributed by atoms with E-state index in [4.69, 9.17) is 9.40 Å². The Balaban J connectivity index is 1.90. The van der Waals surface area contributed by atoms with E-state index in [0.717, 1.165) is 43.5 Å². The molecule has 3 aromatic carbocycles. The van der Waals surface area contributed by atoms with Gasteiger partial charge in [-0.1, -0.05) is 46.3 Å². The zero-order chi connectivity index (χ0) is 17.3. The number of hydrogen-bond acceptors (Lipinski definition) is 2. The maximum atomic E-state index is 6.00. The predicted octanol–water partition coefficient (Wildman–Crippen LogP) is 5.94. The van der Waals surface area contributed by atoms with Crippen LogP contribution < -0.4 is 0 Å². The van der Waals surface area contributed by atoms with Crippen LogP contribution >= 0.6 is 15.9 Å². The third kappa shape index (κ3) is 1.75. The van der Waals surface area contributed by atoms with Crippen LogP contribution in [0, 0.1) is 0 Å². The molecular formula is C21H12BrN3O. The summed E-state index contributed by atoms with van der Waals surface area (Å²) in [6.07, 6.45) is 0. The Morgan fingerprint density at radius 3 is 2.54 bits per heavy atom. The molecule has 0 spiro atoms. The van der Waals surface area contributed by atoms with Crippen molar-refractivity contribution in [2.24, 2.45) is 0 Å². The second-order valence-electron chi connectivity index (χ2n) is 6.30. The van der Waals surface area contributed by atoms with Gasteiger partial charge < -0.3 is 4.42 Å². The van der Waals surface area contributed by atoms with Crippen molar-refractivity contribution in [1.29, 1.82) is 0 Å². The van der Waals surface area contributed by atoms with Gasteiger partial charge in [0, 0.05) is 15.5 Å². The minimum Gasteiger partial charge on any atom is -0.436 e. The molecule has 3 heterocycles. The number of rotatable bonds is 1. The number of nitrogens with zero attached hydrogens (tertiary/aromatic N) is 3. The summed E-state index contributed by atoms with van der Waals surface area (Å²) in [5.74, 6) is 0.851. The molecule has 0 aliphatic heterocycles. The van der Waals surface area contributed by atoms with Crippen LogP contribution in [0.3, 0.4) is 0 Å². The van der Waals surface area contributed by atoms with Gasteiger partial charge in [-0.25, -0.2) is 0 Å². The molecule has 0 unspecified atom stereocenters. The van der Waals surface area contributed by atoms with E-state index >= 15 is 0 Å². The van der Waals surface area contributed by atoms with E-state index in [1.807, 2.05) is 36.4 Å². The van der Waals surface area contributed by atoms with E-state index in [-0.39, 0.29) is 0 Å². The Bertz CT molecular complexity index is 1440. The molecule has 4 nitrogen and oxygen atoms in total. The largest absolute Gasteiger partial charge is 0.436 e. The molecule has 26 heavy (non-hydrogen) atoms. The number of hydrogen-bond donors (Lipinski definition) is 0. The van der Waals surface area contributed by atoms with Gasteiger partial charge in [0.25, 0.3) is 0 Å². The van der Waals surface area contributed by atoms with Crippen LogP contribution in [-0.4, -0.2) is 14.0 Å². The van der Waals surface area contributed by atoms with Crippen molar-refractivity contribution in [3.05, 3.63) is 77.3 Å². The van der Waals surface area contributed by atoms with Gasteiger partial charge in [-0.15, -0.1) is 0 Å². The molecule has 0 fully saturated rings. The summed E-state index contributed by atoms with van der Waals surface area (Å²) >= 11 is 3.61. The fourth-order valence-corrected chi connectivity index (χ4v) is 4.08. The normalized spacial score (nSPS) is 12.0. The van der Waals surface area contributed by atoms with Crippen LogP contribution in [0.1, 0.15) is 0 Å². The Hall–Kier alpha value is -3.05. The number of aromatic nitrogens is 3. The fourth-order valence-electron chi connectivity index (χ4n) is 3.73. The smallest absolute Gasteiger partial charge is 0.248 e. The van der Waals surface area contributed by atoms with Crippen LogP contribution in [0.15, 0.2) is 81.7 Å². The van der Waals surface area contributed by atoms with Gasteiger partial charge in [0.15, 0.2) is 0 Å². The Labute approximate surface area is 156 Å². The summed E-state index contributed by atoms with van der Waals surface area (Å²) in [5.41, 5.74) is 5.80. The molecule has 6 rings (SSSR count). The number of para-hydroxylation sites is 2. The van der Waals surface area contributed by atoms with Gasteiger partial charge in [0.2, 0.25) is 11.5 Å². The number of benzene rings is 3. The van der Waals surface area contributed by atoms with Gasteiger partial charge in [-0.2, -0.15) is 4.98 Å². The van der Waals surface area contributed by atoms with Gasteiger partial charge >= 0.3 is 0 Å². The van der Waals surface area contributed by atoms with Crippen LogP contribution in [0.2, 0.25) is 0 Å². The molecule has 0 saturated heterocycles. The van der Waals surface area contributed by atoms with Gasteiger partial charge in [0.05, 0.1) is 11.0 Å². The fraction of sp³-hybridized carbons (Fsp3) is 0. The molecule has 0 amide bonds. The second kappa shape index (κ2) is 4.99. The van der Waals surface area contributed by atoms with E-state index in [1.54, 1.807) is 0 Å². The van der Waals surface area contributed by atoms with Crippen LogP contribution in [0.5, 0.6) is 0 Å². The third-order valence-corrected chi connectivity index (χ3v) is 5.30. The van der Waals surface area contributed by atoms with E-state index in [2.05, 4.69) is 61.3 Å². The van der Waals surface area contributed by atoms with Crippen molar-refractivity contribution in [3.63, 3.8) is 0 Å². The quantitative estimate of drug-likeness (QED) is 0.341. The first-order valence-corrected chi connectivity index (χ1v) is 9.16. The zero-order valence-electron chi connectivity index (χ0n) is 13.6. The number of furan rings is 1. The van der Waals surface area contributed by atoms with Crippen molar-refractivity contribution >= 4 is 54.9 Å². The lowest BCUT2D eigenvalue weighted by atomic mass is 10.2. The minimum absolute atomic E-state index is 0.663. The van der Waals surface area contributed by atoms with Crippen molar-refractivity contribution in [2.75, 3.05) is 0 Å². The summed E-state index contributed by atoms with van der Waals surface area (Å²) in [5, 5.41) is 1.07. The molecule has 5 heteroatoms. The van der Waals surface area contributed by atoms with Gasteiger partial charge in [-0.05, 0) is 42.5 Å². The molecule has 6 aromatic rings. The lowest BCUT2D eigenvalue weighted by Gasteiger charge is -2.04. The van der Waals surface area contributed by atoms with Crippen LogP contribution in [-0.2, 0) is 0 Å². The van der Waals surface area contributed by atoms with Crippen LogP contribution in [0.4, 0.5) is 0 Å². The summed E-state index contributed by atoms with van der Waals surface area (Å²) in [4.78, 5) is 4.84. The highest BCUT2D eigenvalue weighted by Gasteiger charge is 2.21. The Kier molecular flexibility index (Phi) is 2.72. The molecule has 0 bridgehead atoms. The van der Waals surface area contributed by atoms with E-state index in [0.29, 0.717) is 5.71 Å². The molecular weight excluding hydrogens is 390 g/mol. The molecule has 3 aromatic heterocycles. The maximum Gasteiger partial charge on any atom is 0.248 e. The zero-order valence-corrected chi connectivity index (χ0v) is 15.1. The second-order valence-corrected chi connectivity index (χ2v) is 7.22. The first-order chi connectivity index (χ1) is 12.8. The average molecular weight is 402 g/mol. The van der Waals surface area contributed by atoms with Gasteiger partial charge in [-0.3, -0.25) is 8.97 Å². The summed E-state index contributed by atoms with van der Waals surface area (Å²) in [7, 11) is 0. The average Bonchev–Trinajstić information content (AvgIpc) is 3.28. The van der Waals surface area contributed by atoms with E-state index in [9.17, 15) is 0 Å². The molecule has 0 saturated carbocycles. The van der Waals surface area contributed by atoms with E-state index in [1.165, 1.54) is 0 Å². The predicted molar refractivity (Wildman–Crippen MR) is 107 cm³/mol. The lowest BCUT2D eigenvalue weighted by Crippen LogP contribution is -1.94. The first kappa shape index (κ1) is 14.2. The highest BCUT2D eigenvalue weighted by atomic mass is 79.9.